The Bertz CT molecular complexity index is 1310. The zero-order valence-electron chi connectivity index (χ0n) is 17.1. The van der Waals surface area contributed by atoms with E-state index in [1.54, 1.807) is 16.7 Å². The molecule has 1 aromatic carbocycles. The number of pyridine rings is 1. The van der Waals surface area contributed by atoms with E-state index in [0.717, 1.165) is 48.1 Å². The molecule has 4 aromatic rings. The second-order valence-electron chi connectivity index (χ2n) is 8.61. The molecule has 0 bridgehead atoms. The number of aryl methyl sites for hydroxylation is 1. The first-order valence-corrected chi connectivity index (χ1v) is 10.8. The number of imidazole rings is 1. The summed E-state index contributed by atoms with van der Waals surface area (Å²) in [6.45, 7) is 5.57. The first-order chi connectivity index (χ1) is 14.4. The van der Waals surface area contributed by atoms with Gasteiger partial charge in [0, 0.05) is 18.3 Å². The van der Waals surface area contributed by atoms with Crippen molar-refractivity contribution in [2.75, 3.05) is 0 Å². The SMILES string of the molecule is CC(C)CCn1c(Cn2c(=O)n(C3CC3)c3ccc(F)cc32)cc2nc(Cl)ccc21. The van der Waals surface area contributed by atoms with Gasteiger partial charge in [-0.3, -0.25) is 9.13 Å². The number of rotatable bonds is 6. The maximum Gasteiger partial charge on any atom is 0.329 e. The highest BCUT2D eigenvalue weighted by molar-refractivity contribution is 6.29. The van der Waals surface area contributed by atoms with Gasteiger partial charge in [-0.15, -0.1) is 0 Å². The molecule has 0 radical (unpaired) electrons. The minimum absolute atomic E-state index is 0.0789. The van der Waals surface area contributed by atoms with Gasteiger partial charge in [-0.2, -0.15) is 0 Å². The van der Waals surface area contributed by atoms with E-state index in [1.807, 2.05) is 16.7 Å². The third kappa shape index (κ3) is 3.33. The van der Waals surface area contributed by atoms with E-state index < -0.39 is 0 Å². The minimum Gasteiger partial charge on any atom is -0.342 e. The summed E-state index contributed by atoms with van der Waals surface area (Å²) in [5.41, 5.74) is 4.14. The predicted octanol–water partition coefficient (Wildman–Crippen LogP) is 5.37. The smallest absolute Gasteiger partial charge is 0.329 e. The van der Waals surface area contributed by atoms with Crippen molar-refractivity contribution in [3.63, 3.8) is 0 Å². The van der Waals surface area contributed by atoms with Gasteiger partial charge < -0.3 is 4.57 Å². The molecule has 3 heterocycles. The molecule has 5 nitrogen and oxygen atoms in total. The highest BCUT2D eigenvalue weighted by atomic mass is 35.5. The van der Waals surface area contributed by atoms with Gasteiger partial charge in [0.25, 0.3) is 0 Å². The molecule has 0 saturated heterocycles. The normalized spacial score (nSPS) is 14.4. The van der Waals surface area contributed by atoms with Crippen molar-refractivity contribution in [3.8, 4) is 0 Å². The number of benzene rings is 1. The standard InChI is InChI=1S/C23H24ClFN4O/c1-14(2)9-10-27-17(12-18-19(27)7-8-22(24)26-18)13-28-21-11-15(25)3-6-20(21)29(23(28)30)16-4-5-16/h3,6-8,11-12,14,16H,4-5,9-10,13H2,1-2H3. The van der Waals surface area contributed by atoms with Crippen LogP contribution in [-0.2, 0) is 13.1 Å². The fraction of sp³-hybridized carbons (Fsp3) is 0.391. The van der Waals surface area contributed by atoms with E-state index in [1.165, 1.54) is 12.1 Å². The molecular formula is C23H24ClFN4O. The quantitative estimate of drug-likeness (QED) is 0.389. The van der Waals surface area contributed by atoms with Crippen molar-refractivity contribution in [2.24, 2.45) is 5.92 Å². The Morgan fingerprint density at radius 3 is 2.60 bits per heavy atom. The van der Waals surface area contributed by atoms with E-state index >= 15 is 0 Å². The maximum atomic E-state index is 14.1. The van der Waals surface area contributed by atoms with Gasteiger partial charge in [0.05, 0.1) is 28.6 Å². The lowest BCUT2D eigenvalue weighted by molar-refractivity contribution is 0.511. The van der Waals surface area contributed by atoms with Crippen LogP contribution in [0.4, 0.5) is 4.39 Å². The van der Waals surface area contributed by atoms with Crippen molar-refractivity contribution in [2.45, 2.75) is 52.2 Å². The van der Waals surface area contributed by atoms with Gasteiger partial charge >= 0.3 is 5.69 Å². The largest absolute Gasteiger partial charge is 0.342 e. The van der Waals surface area contributed by atoms with Gasteiger partial charge in [-0.1, -0.05) is 25.4 Å². The van der Waals surface area contributed by atoms with Gasteiger partial charge in [-0.25, -0.2) is 14.2 Å². The maximum absolute atomic E-state index is 14.1. The van der Waals surface area contributed by atoms with Crippen molar-refractivity contribution in [3.05, 3.63) is 63.5 Å². The molecule has 0 amide bonds. The van der Waals surface area contributed by atoms with Crippen LogP contribution in [0.2, 0.25) is 5.15 Å². The summed E-state index contributed by atoms with van der Waals surface area (Å²) in [7, 11) is 0. The molecular weight excluding hydrogens is 403 g/mol. The van der Waals surface area contributed by atoms with Crippen molar-refractivity contribution in [1.29, 1.82) is 0 Å². The first kappa shape index (κ1) is 19.4. The van der Waals surface area contributed by atoms with Gasteiger partial charge in [0.15, 0.2) is 0 Å². The van der Waals surface area contributed by atoms with Crippen LogP contribution >= 0.6 is 11.6 Å². The summed E-state index contributed by atoms with van der Waals surface area (Å²) in [6, 6.07) is 10.6. The van der Waals surface area contributed by atoms with Gasteiger partial charge in [-0.05, 0) is 61.6 Å². The molecule has 30 heavy (non-hydrogen) atoms. The van der Waals surface area contributed by atoms with E-state index in [9.17, 15) is 9.18 Å². The molecule has 5 rings (SSSR count). The Morgan fingerprint density at radius 2 is 1.87 bits per heavy atom. The number of fused-ring (bicyclic) bond motifs is 2. The van der Waals surface area contributed by atoms with E-state index in [-0.39, 0.29) is 17.5 Å². The van der Waals surface area contributed by atoms with E-state index in [0.29, 0.717) is 23.1 Å². The molecule has 0 unspecified atom stereocenters. The van der Waals surface area contributed by atoms with Crippen LogP contribution in [0.15, 0.2) is 41.2 Å². The minimum atomic E-state index is -0.335. The van der Waals surface area contributed by atoms with E-state index in [2.05, 4.69) is 23.4 Å². The topological polar surface area (TPSA) is 44.8 Å². The number of halogens is 2. The second kappa shape index (κ2) is 7.27. The summed E-state index contributed by atoms with van der Waals surface area (Å²) in [5.74, 6) is 0.210. The zero-order valence-corrected chi connectivity index (χ0v) is 17.9. The molecule has 1 fully saturated rings. The van der Waals surface area contributed by atoms with Crippen molar-refractivity contribution in [1.82, 2.24) is 18.7 Å². The van der Waals surface area contributed by atoms with Gasteiger partial charge in [0.1, 0.15) is 11.0 Å². The lowest BCUT2D eigenvalue weighted by atomic mass is 10.1. The van der Waals surface area contributed by atoms with Crippen molar-refractivity contribution >= 4 is 33.7 Å². The Morgan fingerprint density at radius 1 is 1.10 bits per heavy atom. The Balaban J connectivity index is 1.66. The molecule has 0 N–H and O–H groups in total. The fourth-order valence-corrected chi connectivity index (χ4v) is 4.36. The molecule has 3 aromatic heterocycles. The van der Waals surface area contributed by atoms with E-state index in [4.69, 9.17) is 11.6 Å². The van der Waals surface area contributed by atoms with Crippen LogP contribution in [0.5, 0.6) is 0 Å². The number of hydrogen-bond donors (Lipinski definition) is 0. The second-order valence-corrected chi connectivity index (χ2v) is 9.00. The fourth-order valence-electron chi connectivity index (χ4n) is 4.20. The molecule has 0 aliphatic heterocycles. The lowest BCUT2D eigenvalue weighted by Crippen LogP contribution is -2.25. The Kier molecular flexibility index (Phi) is 4.69. The number of hydrogen-bond acceptors (Lipinski definition) is 2. The Labute approximate surface area is 178 Å². The average Bonchev–Trinajstić information content (AvgIpc) is 3.42. The summed E-state index contributed by atoms with van der Waals surface area (Å²) < 4.78 is 19.8. The van der Waals surface area contributed by atoms with Crippen LogP contribution in [0, 0.1) is 11.7 Å². The summed E-state index contributed by atoms with van der Waals surface area (Å²) >= 11 is 6.11. The van der Waals surface area contributed by atoms with Crippen LogP contribution in [-0.4, -0.2) is 18.7 Å². The molecule has 7 heteroatoms. The van der Waals surface area contributed by atoms with Crippen molar-refractivity contribution < 1.29 is 4.39 Å². The Hall–Kier alpha value is -2.60. The first-order valence-electron chi connectivity index (χ1n) is 10.5. The predicted molar refractivity (Wildman–Crippen MR) is 118 cm³/mol. The molecule has 0 atom stereocenters. The molecule has 1 aliphatic rings. The lowest BCUT2D eigenvalue weighted by Gasteiger charge is -2.13. The third-order valence-electron chi connectivity index (χ3n) is 5.90. The monoisotopic (exact) mass is 426 g/mol. The molecule has 156 valence electrons. The number of aromatic nitrogens is 4. The molecule has 0 spiro atoms. The summed E-state index contributed by atoms with van der Waals surface area (Å²) in [6.07, 6.45) is 2.99. The zero-order chi connectivity index (χ0) is 21.0. The third-order valence-corrected chi connectivity index (χ3v) is 6.11. The van der Waals surface area contributed by atoms with Crippen LogP contribution in [0.1, 0.15) is 44.8 Å². The molecule has 1 saturated carbocycles. The van der Waals surface area contributed by atoms with Crippen LogP contribution < -0.4 is 5.69 Å². The highest BCUT2D eigenvalue weighted by Crippen LogP contribution is 2.36. The van der Waals surface area contributed by atoms with Gasteiger partial charge in [0.2, 0.25) is 0 Å². The van der Waals surface area contributed by atoms with Crippen LogP contribution in [0.3, 0.4) is 0 Å². The average molecular weight is 427 g/mol. The van der Waals surface area contributed by atoms with Crippen LogP contribution in [0.25, 0.3) is 22.1 Å². The summed E-state index contributed by atoms with van der Waals surface area (Å²) in [5, 5.41) is 0.444. The highest BCUT2D eigenvalue weighted by Gasteiger charge is 2.29. The molecule has 1 aliphatic carbocycles. The summed E-state index contributed by atoms with van der Waals surface area (Å²) in [4.78, 5) is 17.7. The number of nitrogens with zero attached hydrogens (tertiary/aromatic N) is 4.